The highest BCUT2D eigenvalue weighted by Gasteiger charge is 2.35. The number of alkyl halides is 3. The van der Waals surface area contributed by atoms with Gasteiger partial charge in [0, 0.05) is 24.5 Å². The summed E-state index contributed by atoms with van der Waals surface area (Å²) in [7, 11) is 0. The van der Waals surface area contributed by atoms with Gasteiger partial charge in [0.05, 0.1) is 22.7 Å². The number of carbonyl (C=O) groups excluding carboxylic acids is 1. The first-order valence-electron chi connectivity index (χ1n) is 15.1. The van der Waals surface area contributed by atoms with E-state index in [0.717, 1.165) is 55.4 Å². The summed E-state index contributed by atoms with van der Waals surface area (Å²) in [6.45, 7) is 0.934. The van der Waals surface area contributed by atoms with E-state index in [1.165, 1.54) is 12.1 Å². The lowest BCUT2D eigenvalue weighted by Gasteiger charge is -2.32. The first-order chi connectivity index (χ1) is 21.7. The predicted octanol–water partition coefficient (Wildman–Crippen LogP) is 6.99. The molecule has 1 aliphatic carbocycles. The van der Waals surface area contributed by atoms with E-state index in [-0.39, 0.29) is 25.3 Å². The van der Waals surface area contributed by atoms with Gasteiger partial charge in [0.2, 0.25) is 6.79 Å². The topological polar surface area (TPSA) is 99.6 Å². The number of nitrogens with one attached hydrogen (secondary N) is 3. The Morgan fingerprint density at radius 1 is 0.933 bits per heavy atom. The van der Waals surface area contributed by atoms with Crippen molar-refractivity contribution in [3.8, 4) is 22.6 Å². The Kier molecular flexibility index (Phi) is 7.47. The van der Waals surface area contributed by atoms with Crippen molar-refractivity contribution in [2.24, 2.45) is 0 Å². The van der Waals surface area contributed by atoms with Gasteiger partial charge < -0.3 is 25.0 Å². The first kappa shape index (κ1) is 28.9. The molecule has 1 aromatic heterocycles. The minimum absolute atomic E-state index is 0.170. The smallest absolute Gasteiger partial charge is 0.416 e. The van der Waals surface area contributed by atoms with Crippen LogP contribution >= 0.6 is 0 Å². The maximum atomic E-state index is 14.3. The Labute approximate surface area is 258 Å². The fourth-order valence-corrected chi connectivity index (χ4v) is 6.09. The van der Waals surface area contributed by atoms with E-state index in [4.69, 9.17) is 19.9 Å². The molecule has 2 aliphatic heterocycles. The highest BCUT2D eigenvalue weighted by molar-refractivity contribution is 6.09. The normalized spacial score (nSPS) is 17.8. The lowest BCUT2D eigenvalue weighted by atomic mass is 9.92. The van der Waals surface area contributed by atoms with Crippen LogP contribution in [0, 0.1) is 5.41 Å². The predicted molar refractivity (Wildman–Crippen MR) is 165 cm³/mol. The number of hydrogen-bond acceptors (Lipinski definition) is 6. The third kappa shape index (κ3) is 5.86. The van der Waals surface area contributed by atoms with Gasteiger partial charge in [0.25, 0.3) is 5.91 Å². The number of hydrogen-bond donors (Lipinski definition) is 3. The second-order valence-electron chi connectivity index (χ2n) is 11.7. The molecule has 0 spiro atoms. The lowest BCUT2D eigenvalue weighted by Crippen LogP contribution is -2.50. The van der Waals surface area contributed by atoms with Crippen LogP contribution in [0.15, 0.2) is 66.7 Å². The average Bonchev–Trinajstić information content (AvgIpc) is 3.70. The van der Waals surface area contributed by atoms with E-state index in [2.05, 4.69) is 10.6 Å². The van der Waals surface area contributed by atoms with Crippen molar-refractivity contribution in [3.05, 3.63) is 83.4 Å². The van der Waals surface area contributed by atoms with Gasteiger partial charge in [0.15, 0.2) is 11.5 Å². The van der Waals surface area contributed by atoms with Gasteiger partial charge in [-0.3, -0.25) is 10.2 Å². The van der Waals surface area contributed by atoms with Gasteiger partial charge in [-0.2, -0.15) is 13.2 Å². The number of nitrogens with zero attached hydrogens (tertiary/aromatic N) is 2. The van der Waals surface area contributed by atoms with Crippen LogP contribution in [0.5, 0.6) is 11.5 Å². The molecule has 3 heterocycles. The minimum atomic E-state index is -4.41. The van der Waals surface area contributed by atoms with Crippen molar-refractivity contribution in [1.29, 1.82) is 5.41 Å². The summed E-state index contributed by atoms with van der Waals surface area (Å²) in [4.78, 5) is 20.8. The molecule has 11 heteroatoms. The van der Waals surface area contributed by atoms with E-state index >= 15 is 0 Å². The molecule has 8 nitrogen and oxygen atoms in total. The highest BCUT2D eigenvalue weighted by atomic mass is 19.4. The molecule has 4 aromatic rings. The summed E-state index contributed by atoms with van der Waals surface area (Å²) in [5, 5.41) is 15.9. The Morgan fingerprint density at radius 3 is 2.44 bits per heavy atom. The zero-order valence-electron chi connectivity index (χ0n) is 24.4. The number of carbonyl (C=O) groups is 1. The van der Waals surface area contributed by atoms with Crippen LogP contribution in [0.4, 0.5) is 19.0 Å². The molecule has 1 atom stereocenters. The molecule has 3 aromatic carbocycles. The summed E-state index contributed by atoms with van der Waals surface area (Å²) < 4.78 is 50.1. The number of amidine groups is 1. The number of halogens is 3. The van der Waals surface area contributed by atoms with Gasteiger partial charge in [-0.15, -0.1) is 0 Å². The fourth-order valence-electron chi connectivity index (χ4n) is 6.09. The number of aromatic nitrogens is 1. The van der Waals surface area contributed by atoms with Crippen LogP contribution in [0.2, 0.25) is 0 Å². The summed E-state index contributed by atoms with van der Waals surface area (Å²) >= 11 is 0. The fraction of sp³-hybridized carbons (Fsp3) is 0.324. The number of rotatable bonds is 7. The third-order valence-electron chi connectivity index (χ3n) is 8.81. The third-order valence-corrected chi connectivity index (χ3v) is 8.81. The molecular formula is C34H32F3N5O3. The zero-order chi connectivity index (χ0) is 31.1. The minimum Gasteiger partial charge on any atom is -0.454 e. The van der Waals surface area contributed by atoms with Gasteiger partial charge in [-0.05, 0) is 91.3 Å². The number of benzene rings is 3. The molecule has 232 valence electrons. The van der Waals surface area contributed by atoms with Crippen LogP contribution in [0.25, 0.3) is 22.0 Å². The van der Waals surface area contributed by atoms with Crippen molar-refractivity contribution in [3.63, 3.8) is 0 Å². The van der Waals surface area contributed by atoms with E-state index in [1.807, 2.05) is 36.4 Å². The first-order valence-corrected chi connectivity index (χ1v) is 15.1. The number of ether oxygens (including phenoxy) is 2. The Bertz CT molecular complexity index is 1770. The maximum absolute atomic E-state index is 14.3. The number of amides is 1. The molecule has 45 heavy (non-hydrogen) atoms. The summed E-state index contributed by atoms with van der Waals surface area (Å²) in [6.07, 6.45) is 0.334. The van der Waals surface area contributed by atoms with Crippen LogP contribution in [-0.4, -0.2) is 47.0 Å². The standard InChI is InChI=1S/C34H32F3N5O3/c35-34(36,37)23-10-6-20(7-11-23)18-39-31-17-26(33(43)42-14-2-5-28(42)32(38)40-24-3-1-4-24)25-15-21(8-12-27(25)41-31)22-9-13-29-30(16-22)45-19-44-29/h6-13,15-17,24,28H,1-5,14,18-19H2,(H2,38,40)(H,39,41)/t28-/m0/s1. The molecule has 0 unspecified atom stereocenters. The summed E-state index contributed by atoms with van der Waals surface area (Å²) in [5.41, 5.74) is 2.75. The van der Waals surface area contributed by atoms with Crippen LogP contribution in [0.3, 0.4) is 0 Å². The largest absolute Gasteiger partial charge is 0.454 e. The van der Waals surface area contributed by atoms with Crippen molar-refractivity contribution in [2.45, 2.75) is 56.9 Å². The van der Waals surface area contributed by atoms with Crippen molar-refractivity contribution in [1.82, 2.24) is 15.2 Å². The van der Waals surface area contributed by atoms with E-state index in [0.29, 0.717) is 57.8 Å². The van der Waals surface area contributed by atoms with Crippen molar-refractivity contribution >= 4 is 28.5 Å². The molecule has 1 saturated carbocycles. The number of likely N-dealkylation sites (tertiary alicyclic amines) is 1. The van der Waals surface area contributed by atoms with Gasteiger partial charge in [-0.25, -0.2) is 4.98 Å². The van der Waals surface area contributed by atoms with Gasteiger partial charge in [0.1, 0.15) is 11.7 Å². The molecule has 0 radical (unpaired) electrons. The van der Waals surface area contributed by atoms with Crippen LogP contribution in [-0.2, 0) is 12.7 Å². The molecule has 7 rings (SSSR count). The number of anilines is 1. The highest BCUT2D eigenvalue weighted by Crippen LogP contribution is 2.37. The Balaban J connectivity index is 1.22. The van der Waals surface area contributed by atoms with Crippen molar-refractivity contribution < 1.29 is 27.4 Å². The molecule has 1 amide bonds. The van der Waals surface area contributed by atoms with E-state index in [1.54, 1.807) is 11.0 Å². The van der Waals surface area contributed by atoms with E-state index in [9.17, 15) is 18.0 Å². The number of fused-ring (bicyclic) bond motifs is 2. The Hall–Kier alpha value is -4.80. The van der Waals surface area contributed by atoms with E-state index < -0.39 is 11.7 Å². The summed E-state index contributed by atoms with van der Waals surface area (Å²) in [6, 6.07) is 18.1. The Morgan fingerprint density at radius 2 is 1.69 bits per heavy atom. The second kappa shape index (κ2) is 11.6. The van der Waals surface area contributed by atoms with Crippen molar-refractivity contribution in [2.75, 3.05) is 18.7 Å². The molecule has 0 bridgehead atoms. The average molecular weight is 616 g/mol. The second-order valence-corrected chi connectivity index (χ2v) is 11.7. The molecule has 3 N–H and O–H groups in total. The zero-order valence-corrected chi connectivity index (χ0v) is 24.4. The lowest BCUT2D eigenvalue weighted by molar-refractivity contribution is -0.137. The SMILES string of the molecule is N=C(NC1CCC1)[C@@H]1CCCN1C(=O)c1cc(NCc2ccc(C(F)(F)F)cc2)nc2ccc(-c3ccc4c(c3)OCO4)cc12. The maximum Gasteiger partial charge on any atom is 0.416 e. The molecule has 2 fully saturated rings. The molecule has 1 saturated heterocycles. The van der Waals surface area contributed by atoms with Crippen LogP contribution in [0.1, 0.15) is 53.6 Å². The monoisotopic (exact) mass is 615 g/mol. The summed E-state index contributed by atoms with van der Waals surface area (Å²) in [5.74, 6) is 1.96. The quantitative estimate of drug-likeness (QED) is 0.153. The van der Waals surface area contributed by atoms with Crippen LogP contribution < -0.4 is 20.1 Å². The van der Waals surface area contributed by atoms with Gasteiger partial charge >= 0.3 is 6.18 Å². The number of pyridine rings is 1. The van der Waals surface area contributed by atoms with Gasteiger partial charge in [-0.1, -0.05) is 24.3 Å². The molecule has 3 aliphatic rings. The molecular weight excluding hydrogens is 583 g/mol.